The Kier molecular flexibility index (Phi) is 3.74. The minimum Gasteiger partial charge on any atom is -0.497 e. The van der Waals surface area contributed by atoms with E-state index >= 15 is 0 Å². The van der Waals surface area contributed by atoms with Crippen LogP contribution in [0.25, 0.3) is 0 Å². The number of primary amides is 1. The minimum atomic E-state index is -0.548. The van der Waals surface area contributed by atoms with E-state index in [2.05, 4.69) is 6.58 Å². The van der Waals surface area contributed by atoms with Crippen molar-refractivity contribution in [3.05, 3.63) is 36.4 Å². The second-order valence-corrected chi connectivity index (χ2v) is 2.83. The van der Waals surface area contributed by atoms with E-state index in [4.69, 9.17) is 15.2 Å². The van der Waals surface area contributed by atoms with Crippen molar-refractivity contribution in [3.8, 4) is 11.5 Å². The fourth-order valence-corrected chi connectivity index (χ4v) is 1.10. The summed E-state index contributed by atoms with van der Waals surface area (Å²) in [5.41, 5.74) is 5.51. The lowest BCUT2D eigenvalue weighted by molar-refractivity contribution is 0.0996. The minimum absolute atomic E-state index is 0.302. The topological polar surface area (TPSA) is 61.6 Å². The molecular formula is C11H13NO3. The van der Waals surface area contributed by atoms with Crippen LogP contribution < -0.4 is 15.2 Å². The number of amides is 1. The second-order valence-electron chi connectivity index (χ2n) is 2.83. The van der Waals surface area contributed by atoms with Gasteiger partial charge in [-0.3, -0.25) is 4.79 Å². The van der Waals surface area contributed by atoms with Crippen LogP contribution in [-0.4, -0.2) is 19.6 Å². The van der Waals surface area contributed by atoms with E-state index < -0.39 is 5.91 Å². The smallest absolute Gasteiger partial charge is 0.252 e. The number of carbonyl (C=O) groups is 1. The molecule has 15 heavy (non-hydrogen) atoms. The van der Waals surface area contributed by atoms with Crippen molar-refractivity contribution in [3.63, 3.8) is 0 Å². The molecule has 1 amide bonds. The highest BCUT2D eigenvalue weighted by Gasteiger charge is 2.10. The third-order valence-corrected chi connectivity index (χ3v) is 1.81. The van der Waals surface area contributed by atoms with E-state index in [9.17, 15) is 4.79 Å². The maximum absolute atomic E-state index is 11.1. The van der Waals surface area contributed by atoms with Crippen molar-refractivity contribution in [2.75, 3.05) is 13.7 Å². The fourth-order valence-electron chi connectivity index (χ4n) is 1.10. The van der Waals surface area contributed by atoms with Gasteiger partial charge in [0.15, 0.2) is 0 Å². The number of carbonyl (C=O) groups excluding carboxylic acids is 1. The lowest BCUT2D eigenvalue weighted by Crippen LogP contribution is -2.13. The Hall–Kier alpha value is -1.97. The van der Waals surface area contributed by atoms with Crippen molar-refractivity contribution < 1.29 is 14.3 Å². The average molecular weight is 207 g/mol. The van der Waals surface area contributed by atoms with E-state index in [1.54, 1.807) is 24.3 Å². The van der Waals surface area contributed by atoms with Gasteiger partial charge in [0, 0.05) is 0 Å². The zero-order chi connectivity index (χ0) is 11.3. The summed E-state index contributed by atoms with van der Waals surface area (Å²) in [5, 5.41) is 0. The largest absolute Gasteiger partial charge is 0.497 e. The van der Waals surface area contributed by atoms with Crippen molar-refractivity contribution in [2.45, 2.75) is 0 Å². The SMILES string of the molecule is C=CCOc1ccc(OC)cc1C(N)=O. The summed E-state index contributed by atoms with van der Waals surface area (Å²) in [6.45, 7) is 3.84. The quantitative estimate of drug-likeness (QED) is 0.741. The molecule has 1 aromatic rings. The van der Waals surface area contributed by atoms with Gasteiger partial charge < -0.3 is 15.2 Å². The molecule has 80 valence electrons. The van der Waals surface area contributed by atoms with Crippen molar-refractivity contribution in [2.24, 2.45) is 5.73 Å². The summed E-state index contributed by atoms with van der Waals surface area (Å²) in [6, 6.07) is 4.88. The molecule has 4 heteroatoms. The highest BCUT2D eigenvalue weighted by atomic mass is 16.5. The Morgan fingerprint density at radius 3 is 2.87 bits per heavy atom. The van der Waals surface area contributed by atoms with Gasteiger partial charge >= 0.3 is 0 Å². The Bertz CT molecular complexity index is 374. The van der Waals surface area contributed by atoms with Crippen LogP contribution >= 0.6 is 0 Å². The molecule has 0 fully saturated rings. The van der Waals surface area contributed by atoms with Gasteiger partial charge in [0.25, 0.3) is 5.91 Å². The Morgan fingerprint density at radius 1 is 1.60 bits per heavy atom. The van der Waals surface area contributed by atoms with Gasteiger partial charge in [0.2, 0.25) is 0 Å². The van der Waals surface area contributed by atoms with Crippen LogP contribution in [0.15, 0.2) is 30.9 Å². The molecule has 1 aromatic carbocycles. The highest BCUT2D eigenvalue weighted by molar-refractivity contribution is 5.96. The molecule has 0 atom stereocenters. The summed E-state index contributed by atoms with van der Waals surface area (Å²) in [5.74, 6) is 0.450. The van der Waals surface area contributed by atoms with Crippen LogP contribution in [0.3, 0.4) is 0 Å². The summed E-state index contributed by atoms with van der Waals surface area (Å²) >= 11 is 0. The summed E-state index contributed by atoms with van der Waals surface area (Å²) in [4.78, 5) is 11.1. The van der Waals surface area contributed by atoms with Crippen molar-refractivity contribution >= 4 is 5.91 Å². The average Bonchev–Trinajstić information content (AvgIpc) is 2.26. The van der Waals surface area contributed by atoms with Gasteiger partial charge in [-0.1, -0.05) is 12.7 Å². The monoisotopic (exact) mass is 207 g/mol. The van der Waals surface area contributed by atoms with Crippen LogP contribution in [-0.2, 0) is 0 Å². The third kappa shape index (κ3) is 2.74. The number of ether oxygens (including phenoxy) is 2. The van der Waals surface area contributed by atoms with Gasteiger partial charge in [-0.05, 0) is 18.2 Å². The lowest BCUT2D eigenvalue weighted by atomic mass is 10.2. The first-order valence-corrected chi connectivity index (χ1v) is 4.40. The van der Waals surface area contributed by atoms with Gasteiger partial charge in [0.1, 0.15) is 18.1 Å². The maximum atomic E-state index is 11.1. The van der Waals surface area contributed by atoms with Gasteiger partial charge in [0.05, 0.1) is 12.7 Å². The van der Waals surface area contributed by atoms with Gasteiger partial charge in [-0.25, -0.2) is 0 Å². The zero-order valence-electron chi connectivity index (χ0n) is 8.53. The van der Waals surface area contributed by atoms with E-state index in [0.29, 0.717) is 23.7 Å². The normalized spacial score (nSPS) is 9.40. The predicted octanol–water partition coefficient (Wildman–Crippen LogP) is 1.36. The first kappa shape index (κ1) is 11.1. The molecule has 0 unspecified atom stereocenters. The predicted molar refractivity (Wildman–Crippen MR) is 57.2 cm³/mol. The molecule has 0 aliphatic carbocycles. The molecule has 0 saturated carbocycles. The first-order chi connectivity index (χ1) is 7.19. The van der Waals surface area contributed by atoms with Crippen LogP contribution in [0.2, 0.25) is 0 Å². The summed E-state index contributed by atoms with van der Waals surface area (Å²) in [6.07, 6.45) is 1.59. The highest BCUT2D eigenvalue weighted by Crippen LogP contribution is 2.23. The molecule has 0 radical (unpaired) electrons. The van der Waals surface area contributed by atoms with E-state index in [1.165, 1.54) is 7.11 Å². The fraction of sp³-hybridized carbons (Fsp3) is 0.182. The van der Waals surface area contributed by atoms with Crippen LogP contribution in [0, 0.1) is 0 Å². The van der Waals surface area contributed by atoms with Gasteiger partial charge in [-0.2, -0.15) is 0 Å². The zero-order valence-corrected chi connectivity index (χ0v) is 8.53. The van der Waals surface area contributed by atoms with Crippen LogP contribution in [0.5, 0.6) is 11.5 Å². The van der Waals surface area contributed by atoms with Gasteiger partial charge in [-0.15, -0.1) is 0 Å². The number of nitrogens with two attached hydrogens (primary N) is 1. The van der Waals surface area contributed by atoms with E-state index in [0.717, 1.165) is 0 Å². The number of rotatable bonds is 5. The molecule has 0 saturated heterocycles. The molecule has 4 nitrogen and oxygen atoms in total. The molecule has 0 aliphatic rings. The molecule has 2 N–H and O–H groups in total. The van der Waals surface area contributed by atoms with E-state index in [-0.39, 0.29) is 0 Å². The van der Waals surface area contributed by atoms with Crippen molar-refractivity contribution in [1.82, 2.24) is 0 Å². The molecule has 0 spiro atoms. The Balaban J connectivity index is 3.03. The standard InChI is InChI=1S/C11H13NO3/c1-3-6-15-10-5-4-8(14-2)7-9(10)11(12)13/h3-5,7H,1,6H2,2H3,(H2,12,13). The van der Waals surface area contributed by atoms with Crippen LogP contribution in [0.4, 0.5) is 0 Å². The lowest BCUT2D eigenvalue weighted by Gasteiger charge is -2.09. The second kappa shape index (κ2) is 5.05. The first-order valence-electron chi connectivity index (χ1n) is 4.40. The van der Waals surface area contributed by atoms with Crippen LogP contribution in [0.1, 0.15) is 10.4 Å². The molecule has 0 bridgehead atoms. The van der Waals surface area contributed by atoms with E-state index in [1.807, 2.05) is 0 Å². The molecule has 0 aromatic heterocycles. The van der Waals surface area contributed by atoms with Crippen molar-refractivity contribution in [1.29, 1.82) is 0 Å². The molecule has 0 heterocycles. The third-order valence-electron chi connectivity index (χ3n) is 1.81. The molecular weight excluding hydrogens is 194 g/mol. The molecule has 1 rings (SSSR count). The summed E-state index contributed by atoms with van der Waals surface area (Å²) in [7, 11) is 1.52. The maximum Gasteiger partial charge on any atom is 0.252 e. The number of hydrogen-bond donors (Lipinski definition) is 1. The number of hydrogen-bond acceptors (Lipinski definition) is 3. The summed E-state index contributed by atoms with van der Waals surface area (Å²) < 4.78 is 10.3. The Labute approximate surface area is 88.3 Å². The number of benzene rings is 1. The molecule has 0 aliphatic heterocycles. The Morgan fingerprint density at radius 2 is 2.33 bits per heavy atom. The number of methoxy groups -OCH3 is 1.